The van der Waals surface area contributed by atoms with E-state index in [1.165, 1.54) is 0 Å². The average Bonchev–Trinajstić information content (AvgIpc) is 1.97. The lowest BCUT2D eigenvalue weighted by atomic mass is 10.4. The van der Waals surface area contributed by atoms with E-state index in [2.05, 4.69) is 6.58 Å². The summed E-state index contributed by atoms with van der Waals surface area (Å²) in [6.45, 7) is 6.91. The maximum Gasteiger partial charge on any atom is 0.219 e. The Bertz CT molecular complexity index is 134. The molecule has 64 valence electrons. The van der Waals surface area contributed by atoms with Crippen LogP contribution in [0.2, 0.25) is 0 Å². The van der Waals surface area contributed by atoms with Crippen LogP contribution < -0.4 is 0 Å². The van der Waals surface area contributed by atoms with E-state index in [9.17, 15) is 4.79 Å². The van der Waals surface area contributed by atoms with Crippen molar-refractivity contribution in [3.8, 4) is 0 Å². The minimum atomic E-state index is 0.0574. The summed E-state index contributed by atoms with van der Waals surface area (Å²) in [6, 6.07) is 0. The fourth-order valence-corrected chi connectivity index (χ4v) is 0.735. The molecule has 0 aromatic carbocycles. The normalized spacial score (nSPS) is 9.27. The number of ether oxygens (including phenoxy) is 1. The van der Waals surface area contributed by atoms with Gasteiger partial charge in [0.1, 0.15) is 0 Å². The van der Waals surface area contributed by atoms with Crippen LogP contribution >= 0.6 is 0 Å². The molecule has 0 aliphatic rings. The van der Waals surface area contributed by atoms with Gasteiger partial charge in [0.2, 0.25) is 5.91 Å². The maximum atomic E-state index is 10.9. The second-order valence-corrected chi connectivity index (χ2v) is 2.25. The molecule has 0 atom stereocenters. The van der Waals surface area contributed by atoms with E-state index in [0.717, 1.165) is 0 Å². The van der Waals surface area contributed by atoms with Crippen molar-refractivity contribution in [1.82, 2.24) is 4.90 Å². The lowest BCUT2D eigenvalue weighted by Crippen LogP contribution is -2.31. The Labute approximate surface area is 67.6 Å². The van der Waals surface area contributed by atoms with Gasteiger partial charge in [0, 0.05) is 27.1 Å². The molecule has 0 bridgehead atoms. The average molecular weight is 157 g/mol. The molecule has 3 heteroatoms. The minimum Gasteiger partial charge on any atom is -0.383 e. The second-order valence-electron chi connectivity index (χ2n) is 2.25. The van der Waals surface area contributed by atoms with Crippen molar-refractivity contribution in [2.45, 2.75) is 6.92 Å². The van der Waals surface area contributed by atoms with Crippen LogP contribution in [0.5, 0.6) is 0 Å². The number of amides is 1. The highest BCUT2D eigenvalue weighted by Crippen LogP contribution is 1.89. The van der Waals surface area contributed by atoms with Gasteiger partial charge in [-0.25, -0.2) is 0 Å². The topological polar surface area (TPSA) is 29.5 Å². The molecule has 0 saturated heterocycles. The monoisotopic (exact) mass is 157 g/mol. The summed E-state index contributed by atoms with van der Waals surface area (Å²) in [5.41, 5.74) is 0. The molecule has 0 N–H and O–H groups in total. The van der Waals surface area contributed by atoms with Gasteiger partial charge in [0.25, 0.3) is 0 Å². The van der Waals surface area contributed by atoms with Crippen LogP contribution in [0.3, 0.4) is 0 Å². The minimum absolute atomic E-state index is 0.0574. The summed E-state index contributed by atoms with van der Waals surface area (Å²) in [5, 5.41) is 0. The van der Waals surface area contributed by atoms with Crippen LogP contribution in [0.25, 0.3) is 0 Å². The van der Waals surface area contributed by atoms with Gasteiger partial charge in [-0.15, -0.1) is 6.58 Å². The molecule has 0 saturated carbocycles. The molecule has 3 nitrogen and oxygen atoms in total. The summed E-state index contributed by atoms with van der Waals surface area (Å²) in [5.74, 6) is 0.0574. The smallest absolute Gasteiger partial charge is 0.219 e. The third-order valence-electron chi connectivity index (χ3n) is 1.36. The maximum absolute atomic E-state index is 10.9. The SMILES string of the molecule is C=CCN(CCOC)C(C)=O. The summed E-state index contributed by atoms with van der Waals surface area (Å²) in [6.07, 6.45) is 1.71. The Morgan fingerprint density at radius 2 is 2.36 bits per heavy atom. The number of carbonyl (C=O) groups is 1. The molecule has 0 unspecified atom stereocenters. The number of carbonyl (C=O) groups excluding carboxylic acids is 1. The van der Waals surface area contributed by atoms with Crippen molar-refractivity contribution in [3.05, 3.63) is 12.7 Å². The lowest BCUT2D eigenvalue weighted by Gasteiger charge is -2.17. The lowest BCUT2D eigenvalue weighted by molar-refractivity contribution is -0.128. The van der Waals surface area contributed by atoms with E-state index in [-0.39, 0.29) is 5.91 Å². The van der Waals surface area contributed by atoms with Crippen molar-refractivity contribution in [1.29, 1.82) is 0 Å². The third-order valence-corrected chi connectivity index (χ3v) is 1.36. The number of rotatable bonds is 5. The first-order valence-corrected chi connectivity index (χ1v) is 3.57. The van der Waals surface area contributed by atoms with Crippen molar-refractivity contribution in [3.63, 3.8) is 0 Å². The summed E-state index contributed by atoms with van der Waals surface area (Å²) in [7, 11) is 1.62. The van der Waals surface area contributed by atoms with E-state index < -0.39 is 0 Å². The van der Waals surface area contributed by atoms with Crippen LogP contribution in [0.4, 0.5) is 0 Å². The molecule has 0 heterocycles. The highest BCUT2D eigenvalue weighted by molar-refractivity contribution is 5.73. The van der Waals surface area contributed by atoms with Gasteiger partial charge in [-0.05, 0) is 0 Å². The van der Waals surface area contributed by atoms with Gasteiger partial charge in [0.05, 0.1) is 6.61 Å². The Balaban J connectivity index is 3.69. The molecule has 0 radical (unpaired) electrons. The molecule has 1 amide bonds. The number of hydrogen-bond donors (Lipinski definition) is 0. The molecular formula is C8H15NO2. The van der Waals surface area contributed by atoms with Crippen LogP contribution in [0, 0.1) is 0 Å². The number of nitrogens with zero attached hydrogens (tertiary/aromatic N) is 1. The zero-order chi connectivity index (χ0) is 8.69. The number of methoxy groups -OCH3 is 1. The second kappa shape index (κ2) is 5.92. The van der Waals surface area contributed by atoms with E-state index in [1.807, 2.05) is 0 Å². The van der Waals surface area contributed by atoms with Gasteiger partial charge < -0.3 is 9.64 Å². The van der Waals surface area contributed by atoms with E-state index in [1.54, 1.807) is 25.0 Å². The zero-order valence-corrected chi connectivity index (χ0v) is 7.17. The van der Waals surface area contributed by atoms with E-state index in [4.69, 9.17) is 4.74 Å². The third kappa shape index (κ3) is 4.56. The largest absolute Gasteiger partial charge is 0.383 e. The highest BCUT2D eigenvalue weighted by Gasteiger charge is 2.04. The molecule has 0 aliphatic carbocycles. The number of hydrogen-bond acceptors (Lipinski definition) is 2. The van der Waals surface area contributed by atoms with Crippen LogP contribution in [-0.4, -0.2) is 37.6 Å². The first-order valence-electron chi connectivity index (χ1n) is 3.57. The quantitative estimate of drug-likeness (QED) is 0.549. The first-order chi connectivity index (χ1) is 5.22. The van der Waals surface area contributed by atoms with Crippen molar-refractivity contribution >= 4 is 5.91 Å². The van der Waals surface area contributed by atoms with Crippen molar-refractivity contribution < 1.29 is 9.53 Å². The van der Waals surface area contributed by atoms with Crippen LogP contribution in [0.15, 0.2) is 12.7 Å². The summed E-state index contributed by atoms with van der Waals surface area (Å²) < 4.78 is 4.84. The predicted octanol–water partition coefficient (Wildman–Crippen LogP) is 0.667. The Morgan fingerprint density at radius 3 is 2.73 bits per heavy atom. The standard InChI is InChI=1S/C8H15NO2/c1-4-5-9(8(2)10)6-7-11-3/h4H,1,5-7H2,2-3H3. The highest BCUT2D eigenvalue weighted by atomic mass is 16.5. The van der Waals surface area contributed by atoms with Gasteiger partial charge in [-0.1, -0.05) is 6.08 Å². The Kier molecular flexibility index (Phi) is 5.47. The molecule has 0 spiro atoms. The Hall–Kier alpha value is -0.830. The van der Waals surface area contributed by atoms with Gasteiger partial charge in [0.15, 0.2) is 0 Å². The van der Waals surface area contributed by atoms with Crippen LogP contribution in [0.1, 0.15) is 6.92 Å². The molecule has 11 heavy (non-hydrogen) atoms. The zero-order valence-electron chi connectivity index (χ0n) is 7.17. The summed E-state index contributed by atoms with van der Waals surface area (Å²) >= 11 is 0. The van der Waals surface area contributed by atoms with Crippen molar-refractivity contribution in [2.75, 3.05) is 26.8 Å². The molecule has 0 fully saturated rings. The van der Waals surface area contributed by atoms with Gasteiger partial charge in [-0.3, -0.25) is 4.79 Å². The molecular weight excluding hydrogens is 142 g/mol. The Morgan fingerprint density at radius 1 is 1.73 bits per heavy atom. The van der Waals surface area contributed by atoms with Crippen LogP contribution in [-0.2, 0) is 9.53 Å². The fourth-order valence-electron chi connectivity index (χ4n) is 0.735. The first kappa shape index (κ1) is 10.2. The molecule has 0 aromatic heterocycles. The fraction of sp³-hybridized carbons (Fsp3) is 0.625. The van der Waals surface area contributed by atoms with Gasteiger partial charge >= 0.3 is 0 Å². The van der Waals surface area contributed by atoms with Gasteiger partial charge in [-0.2, -0.15) is 0 Å². The predicted molar refractivity (Wildman–Crippen MR) is 44.3 cm³/mol. The molecule has 0 aromatic rings. The summed E-state index contributed by atoms with van der Waals surface area (Å²) in [4.78, 5) is 12.5. The molecule has 0 aliphatic heterocycles. The van der Waals surface area contributed by atoms with E-state index in [0.29, 0.717) is 19.7 Å². The molecule has 0 rings (SSSR count). The van der Waals surface area contributed by atoms with E-state index >= 15 is 0 Å². The van der Waals surface area contributed by atoms with Crippen molar-refractivity contribution in [2.24, 2.45) is 0 Å².